The standard InChI is InChI=1S/C10H5BrCl3N3O2S/c11-5-1-6(12)10(7(13)2-5)20(18,19)17-9-4-15-3-8(14)16-9/h1-4H,(H,16,17). The molecule has 0 aliphatic carbocycles. The molecule has 0 atom stereocenters. The van der Waals surface area contributed by atoms with Crippen molar-refractivity contribution in [3.63, 3.8) is 0 Å². The average Bonchev–Trinajstić information content (AvgIpc) is 2.25. The summed E-state index contributed by atoms with van der Waals surface area (Å²) in [4.78, 5) is 7.26. The number of aromatic nitrogens is 2. The van der Waals surface area contributed by atoms with E-state index in [1.54, 1.807) is 0 Å². The van der Waals surface area contributed by atoms with Crippen molar-refractivity contribution in [2.45, 2.75) is 4.90 Å². The first-order valence-electron chi connectivity index (χ1n) is 4.94. The van der Waals surface area contributed by atoms with Gasteiger partial charge in [0.1, 0.15) is 10.0 Å². The summed E-state index contributed by atoms with van der Waals surface area (Å²) in [5.41, 5.74) is 0. The van der Waals surface area contributed by atoms with Crippen molar-refractivity contribution in [2.75, 3.05) is 4.72 Å². The molecule has 106 valence electrons. The SMILES string of the molecule is O=S(=O)(Nc1cncc(Cl)n1)c1c(Cl)cc(Br)cc1Cl. The number of hydrogen-bond donors (Lipinski definition) is 1. The van der Waals surface area contributed by atoms with E-state index in [0.717, 1.165) is 0 Å². The summed E-state index contributed by atoms with van der Waals surface area (Å²) >= 11 is 20.6. The Morgan fingerprint density at radius 2 is 1.70 bits per heavy atom. The first-order chi connectivity index (χ1) is 9.29. The van der Waals surface area contributed by atoms with E-state index in [9.17, 15) is 8.42 Å². The van der Waals surface area contributed by atoms with Gasteiger partial charge in [-0.1, -0.05) is 50.7 Å². The number of nitrogens with zero attached hydrogens (tertiary/aromatic N) is 2. The lowest BCUT2D eigenvalue weighted by molar-refractivity contribution is 0.601. The maximum absolute atomic E-state index is 12.3. The molecule has 0 spiro atoms. The predicted molar refractivity (Wildman–Crippen MR) is 82.0 cm³/mol. The molecule has 0 fully saturated rings. The Morgan fingerprint density at radius 1 is 1.10 bits per heavy atom. The van der Waals surface area contributed by atoms with Gasteiger partial charge in [-0.05, 0) is 12.1 Å². The van der Waals surface area contributed by atoms with Crippen LogP contribution < -0.4 is 4.72 Å². The van der Waals surface area contributed by atoms with Crippen LogP contribution in [0.5, 0.6) is 0 Å². The average molecular weight is 417 g/mol. The zero-order valence-electron chi connectivity index (χ0n) is 9.44. The van der Waals surface area contributed by atoms with Gasteiger partial charge in [-0.25, -0.2) is 13.4 Å². The Balaban J connectivity index is 2.46. The topological polar surface area (TPSA) is 72.0 Å². The quantitative estimate of drug-likeness (QED) is 0.819. The second kappa shape index (κ2) is 6.03. The number of sulfonamides is 1. The van der Waals surface area contributed by atoms with Crippen LogP contribution in [0.4, 0.5) is 5.82 Å². The summed E-state index contributed by atoms with van der Waals surface area (Å²) < 4.78 is 27.3. The Kier molecular flexibility index (Phi) is 4.76. The van der Waals surface area contributed by atoms with Crippen molar-refractivity contribution in [3.05, 3.63) is 44.2 Å². The molecule has 10 heteroatoms. The lowest BCUT2D eigenvalue weighted by atomic mass is 10.4. The Morgan fingerprint density at radius 3 is 2.25 bits per heavy atom. The number of hydrogen-bond acceptors (Lipinski definition) is 4. The second-order valence-corrected chi connectivity index (χ2v) is 7.27. The molecule has 0 radical (unpaired) electrons. The lowest BCUT2D eigenvalue weighted by Gasteiger charge is -2.10. The van der Waals surface area contributed by atoms with Crippen LogP contribution in [0.3, 0.4) is 0 Å². The summed E-state index contributed by atoms with van der Waals surface area (Å²) in [7, 11) is -4.00. The number of rotatable bonds is 3. The molecule has 0 amide bonds. The van der Waals surface area contributed by atoms with E-state index < -0.39 is 10.0 Å². The van der Waals surface area contributed by atoms with Gasteiger partial charge in [-0.3, -0.25) is 9.71 Å². The fourth-order valence-electron chi connectivity index (χ4n) is 1.37. The van der Waals surface area contributed by atoms with Crippen LogP contribution in [0.2, 0.25) is 15.2 Å². The van der Waals surface area contributed by atoms with E-state index in [-0.39, 0.29) is 25.9 Å². The molecule has 0 bridgehead atoms. The molecule has 1 aromatic heterocycles. The summed E-state index contributed by atoms with van der Waals surface area (Å²) in [6, 6.07) is 2.84. The molecule has 2 aromatic rings. The first-order valence-corrected chi connectivity index (χ1v) is 8.35. The Labute approximate surface area is 138 Å². The molecule has 0 aliphatic rings. The highest BCUT2D eigenvalue weighted by atomic mass is 79.9. The fraction of sp³-hybridized carbons (Fsp3) is 0. The predicted octanol–water partition coefficient (Wildman–Crippen LogP) is 4.00. The highest BCUT2D eigenvalue weighted by Gasteiger charge is 2.23. The van der Waals surface area contributed by atoms with Crippen molar-refractivity contribution < 1.29 is 8.42 Å². The molecular formula is C10H5BrCl3N3O2S. The number of benzene rings is 1. The number of halogens is 4. The number of anilines is 1. The zero-order chi connectivity index (χ0) is 14.9. The van der Waals surface area contributed by atoms with Gasteiger partial charge in [0.05, 0.1) is 22.4 Å². The van der Waals surface area contributed by atoms with E-state index in [4.69, 9.17) is 34.8 Å². The molecule has 1 N–H and O–H groups in total. The molecule has 5 nitrogen and oxygen atoms in total. The smallest absolute Gasteiger partial charge is 0.262 e. The van der Waals surface area contributed by atoms with Gasteiger partial charge in [-0.15, -0.1) is 0 Å². The van der Waals surface area contributed by atoms with E-state index in [1.165, 1.54) is 24.5 Å². The molecular weight excluding hydrogens is 412 g/mol. The second-order valence-electron chi connectivity index (χ2n) is 3.53. The molecule has 1 heterocycles. The van der Waals surface area contributed by atoms with Gasteiger partial charge in [0.15, 0.2) is 5.82 Å². The van der Waals surface area contributed by atoms with Crippen LogP contribution in [0.15, 0.2) is 33.9 Å². The molecule has 2 rings (SSSR count). The molecule has 0 unspecified atom stereocenters. The van der Waals surface area contributed by atoms with E-state index in [1.807, 2.05) is 0 Å². The van der Waals surface area contributed by atoms with Gasteiger partial charge in [0.2, 0.25) is 0 Å². The largest absolute Gasteiger partial charge is 0.266 e. The van der Waals surface area contributed by atoms with Gasteiger partial charge in [0, 0.05) is 4.47 Å². The molecule has 20 heavy (non-hydrogen) atoms. The summed E-state index contributed by atoms with van der Waals surface area (Å²) in [6.45, 7) is 0. The minimum absolute atomic E-state index is 0.0214. The van der Waals surface area contributed by atoms with Crippen molar-refractivity contribution in [1.82, 2.24) is 9.97 Å². The number of nitrogens with one attached hydrogen (secondary N) is 1. The maximum Gasteiger partial charge on any atom is 0.266 e. The van der Waals surface area contributed by atoms with Gasteiger partial charge < -0.3 is 0 Å². The van der Waals surface area contributed by atoms with Crippen LogP contribution in [0, 0.1) is 0 Å². The van der Waals surface area contributed by atoms with Crippen molar-refractivity contribution in [1.29, 1.82) is 0 Å². The molecule has 1 aromatic carbocycles. The minimum atomic E-state index is -4.00. The third-order valence-electron chi connectivity index (χ3n) is 2.08. The summed E-state index contributed by atoms with van der Waals surface area (Å²) in [5, 5.41) is 0.0110. The van der Waals surface area contributed by atoms with Crippen molar-refractivity contribution >= 4 is 66.6 Å². The van der Waals surface area contributed by atoms with E-state index in [2.05, 4.69) is 30.6 Å². The van der Waals surface area contributed by atoms with E-state index >= 15 is 0 Å². The lowest BCUT2D eigenvalue weighted by Crippen LogP contribution is -2.15. The highest BCUT2D eigenvalue weighted by Crippen LogP contribution is 2.33. The Bertz CT molecular complexity index is 747. The van der Waals surface area contributed by atoms with Crippen LogP contribution in [-0.4, -0.2) is 18.4 Å². The minimum Gasteiger partial charge on any atom is -0.262 e. The molecule has 0 aliphatic heterocycles. The molecule has 0 saturated carbocycles. The first kappa shape index (κ1) is 15.8. The zero-order valence-corrected chi connectivity index (χ0v) is 14.1. The maximum atomic E-state index is 12.3. The Hall–Kier alpha value is -0.600. The van der Waals surface area contributed by atoms with Gasteiger partial charge >= 0.3 is 0 Å². The monoisotopic (exact) mass is 415 g/mol. The van der Waals surface area contributed by atoms with Crippen LogP contribution in [-0.2, 0) is 10.0 Å². The highest BCUT2D eigenvalue weighted by molar-refractivity contribution is 9.10. The summed E-state index contributed by atoms with van der Waals surface area (Å²) in [6.07, 6.45) is 2.49. The third-order valence-corrected chi connectivity index (χ3v) is 4.99. The van der Waals surface area contributed by atoms with Crippen LogP contribution in [0.25, 0.3) is 0 Å². The third kappa shape index (κ3) is 3.53. The fourth-order valence-corrected chi connectivity index (χ4v) is 4.44. The van der Waals surface area contributed by atoms with E-state index in [0.29, 0.717) is 4.47 Å². The summed E-state index contributed by atoms with van der Waals surface area (Å²) in [5.74, 6) is -0.0347. The van der Waals surface area contributed by atoms with Crippen molar-refractivity contribution in [3.8, 4) is 0 Å². The van der Waals surface area contributed by atoms with Gasteiger partial charge in [-0.2, -0.15) is 0 Å². The van der Waals surface area contributed by atoms with Crippen molar-refractivity contribution in [2.24, 2.45) is 0 Å². The van der Waals surface area contributed by atoms with Crippen LogP contribution in [0.1, 0.15) is 0 Å². The van der Waals surface area contributed by atoms with Gasteiger partial charge in [0.25, 0.3) is 10.0 Å². The van der Waals surface area contributed by atoms with Crippen LogP contribution >= 0.6 is 50.7 Å². The normalized spacial score (nSPS) is 11.4. The molecule has 0 saturated heterocycles.